The van der Waals surface area contributed by atoms with Crippen LogP contribution in [0, 0.1) is 12.7 Å². The van der Waals surface area contributed by atoms with Gasteiger partial charge in [-0.3, -0.25) is 4.79 Å². The summed E-state index contributed by atoms with van der Waals surface area (Å²) in [4.78, 5) is 20.4. The van der Waals surface area contributed by atoms with Gasteiger partial charge in [0.1, 0.15) is 23.7 Å². The maximum atomic E-state index is 12.9. The normalized spacial score (nSPS) is 10.2. The van der Waals surface area contributed by atoms with Gasteiger partial charge in [0.25, 0.3) is 5.91 Å². The lowest BCUT2D eigenvalue weighted by atomic mass is 10.2. The Morgan fingerprint density at radius 1 is 1.04 bits per heavy atom. The first kappa shape index (κ1) is 15.6. The highest BCUT2D eigenvalue weighted by molar-refractivity contribution is 6.03. The molecule has 0 fully saturated rings. The van der Waals surface area contributed by atoms with Crippen LogP contribution in [0.3, 0.4) is 0 Å². The highest BCUT2D eigenvalue weighted by Crippen LogP contribution is 2.17. The van der Waals surface area contributed by atoms with E-state index in [9.17, 15) is 9.18 Å². The number of hydrogen-bond donors (Lipinski definition) is 2. The lowest BCUT2D eigenvalue weighted by molar-refractivity contribution is 0.102. The molecule has 3 aromatic rings. The number of anilines is 3. The molecule has 120 valence electrons. The molecule has 0 unspecified atom stereocenters. The van der Waals surface area contributed by atoms with Gasteiger partial charge in [0.2, 0.25) is 0 Å². The summed E-state index contributed by atoms with van der Waals surface area (Å²) in [5.41, 5.74) is 2.59. The van der Waals surface area contributed by atoms with E-state index in [1.165, 1.54) is 24.5 Å². The highest BCUT2D eigenvalue weighted by Gasteiger charge is 2.10. The van der Waals surface area contributed by atoms with Crippen LogP contribution in [-0.2, 0) is 0 Å². The van der Waals surface area contributed by atoms with Crippen LogP contribution in [0.25, 0.3) is 0 Å². The molecule has 5 nitrogen and oxygen atoms in total. The monoisotopic (exact) mass is 322 g/mol. The number of aromatic nitrogens is 2. The molecule has 6 heteroatoms. The molecule has 1 aromatic heterocycles. The lowest BCUT2D eigenvalue weighted by Gasteiger charge is -2.09. The van der Waals surface area contributed by atoms with Crippen molar-refractivity contribution in [3.05, 3.63) is 78.0 Å². The second kappa shape index (κ2) is 6.87. The van der Waals surface area contributed by atoms with Crippen molar-refractivity contribution in [1.29, 1.82) is 0 Å². The summed E-state index contributed by atoms with van der Waals surface area (Å²) < 4.78 is 12.9. The molecule has 0 bridgehead atoms. The number of nitrogens with zero attached hydrogens (tertiary/aromatic N) is 2. The van der Waals surface area contributed by atoms with Crippen LogP contribution >= 0.6 is 0 Å². The third kappa shape index (κ3) is 3.73. The molecule has 1 amide bonds. The van der Waals surface area contributed by atoms with Crippen molar-refractivity contribution in [3.63, 3.8) is 0 Å². The van der Waals surface area contributed by atoms with Gasteiger partial charge in [0.15, 0.2) is 0 Å². The molecule has 0 aliphatic carbocycles. The third-order valence-corrected chi connectivity index (χ3v) is 3.41. The Balaban J connectivity index is 1.76. The summed E-state index contributed by atoms with van der Waals surface area (Å²) in [5, 5.41) is 5.82. The molecular weight excluding hydrogens is 307 g/mol. The predicted octanol–water partition coefficient (Wildman–Crippen LogP) is 3.92. The van der Waals surface area contributed by atoms with E-state index >= 15 is 0 Å². The molecule has 24 heavy (non-hydrogen) atoms. The van der Waals surface area contributed by atoms with E-state index < -0.39 is 0 Å². The number of rotatable bonds is 4. The summed E-state index contributed by atoms with van der Waals surface area (Å²) in [6, 6.07) is 14.9. The second-order valence-electron chi connectivity index (χ2n) is 5.19. The average molecular weight is 322 g/mol. The molecule has 0 spiro atoms. The van der Waals surface area contributed by atoms with Gasteiger partial charge < -0.3 is 10.6 Å². The number of aryl methyl sites for hydroxylation is 1. The van der Waals surface area contributed by atoms with Gasteiger partial charge in [-0.1, -0.05) is 18.2 Å². The fraction of sp³-hybridized carbons (Fsp3) is 0.0556. The van der Waals surface area contributed by atoms with Crippen molar-refractivity contribution in [1.82, 2.24) is 9.97 Å². The molecule has 2 N–H and O–H groups in total. The summed E-state index contributed by atoms with van der Waals surface area (Å²) in [6.07, 6.45) is 1.30. The minimum absolute atomic E-state index is 0.234. The van der Waals surface area contributed by atoms with Gasteiger partial charge in [0.05, 0.1) is 0 Å². The first-order valence-corrected chi connectivity index (χ1v) is 7.33. The maximum absolute atomic E-state index is 12.9. The quantitative estimate of drug-likeness (QED) is 0.764. The summed E-state index contributed by atoms with van der Waals surface area (Å²) in [6.45, 7) is 1.91. The number of halogens is 1. The van der Waals surface area contributed by atoms with Crippen molar-refractivity contribution in [3.8, 4) is 0 Å². The van der Waals surface area contributed by atoms with Gasteiger partial charge >= 0.3 is 0 Å². The zero-order valence-corrected chi connectivity index (χ0v) is 13.0. The van der Waals surface area contributed by atoms with Crippen LogP contribution in [0.15, 0.2) is 60.9 Å². The van der Waals surface area contributed by atoms with Crippen LogP contribution in [0.1, 0.15) is 16.1 Å². The standard InChI is InChI=1S/C18H15FN4O/c1-12-4-2-3-5-15(12)23-18(24)16-10-17(21-11-20-16)22-14-8-6-13(19)7-9-14/h2-11H,1H3,(H,23,24)(H,20,21,22). The second-order valence-corrected chi connectivity index (χ2v) is 5.19. The molecule has 0 saturated heterocycles. The minimum Gasteiger partial charge on any atom is -0.340 e. The largest absolute Gasteiger partial charge is 0.340 e. The predicted molar refractivity (Wildman–Crippen MR) is 90.8 cm³/mol. The van der Waals surface area contributed by atoms with E-state index in [1.54, 1.807) is 12.1 Å². The van der Waals surface area contributed by atoms with Crippen LogP contribution in [0.2, 0.25) is 0 Å². The fourth-order valence-corrected chi connectivity index (χ4v) is 2.13. The number of carbonyl (C=O) groups excluding carboxylic acids is 1. The van der Waals surface area contributed by atoms with Gasteiger partial charge in [0, 0.05) is 17.4 Å². The van der Waals surface area contributed by atoms with Crippen LogP contribution in [0.5, 0.6) is 0 Å². The SMILES string of the molecule is Cc1ccccc1NC(=O)c1cc(Nc2ccc(F)cc2)ncn1. The Hall–Kier alpha value is -3.28. The van der Waals surface area contributed by atoms with Crippen molar-refractivity contribution < 1.29 is 9.18 Å². The van der Waals surface area contributed by atoms with Crippen molar-refractivity contribution in [2.75, 3.05) is 10.6 Å². The Morgan fingerprint density at radius 3 is 2.54 bits per heavy atom. The Kier molecular flexibility index (Phi) is 4.47. The number of amides is 1. The van der Waals surface area contributed by atoms with E-state index in [0.29, 0.717) is 11.5 Å². The number of hydrogen-bond acceptors (Lipinski definition) is 4. The van der Waals surface area contributed by atoms with Crippen molar-refractivity contribution in [2.24, 2.45) is 0 Å². The highest BCUT2D eigenvalue weighted by atomic mass is 19.1. The first-order valence-electron chi connectivity index (χ1n) is 7.33. The van der Waals surface area contributed by atoms with Gasteiger partial charge in [-0.05, 0) is 42.8 Å². The Labute approximate surface area is 138 Å². The average Bonchev–Trinajstić information content (AvgIpc) is 2.59. The zero-order valence-electron chi connectivity index (χ0n) is 13.0. The summed E-state index contributed by atoms with van der Waals surface area (Å²) in [5.74, 6) is -0.193. The molecule has 0 aliphatic rings. The van der Waals surface area contributed by atoms with E-state index in [4.69, 9.17) is 0 Å². The fourth-order valence-electron chi connectivity index (χ4n) is 2.13. The Bertz CT molecular complexity index is 865. The van der Waals surface area contributed by atoms with E-state index in [-0.39, 0.29) is 17.4 Å². The summed E-state index contributed by atoms with van der Waals surface area (Å²) in [7, 11) is 0. The van der Waals surface area contributed by atoms with E-state index in [0.717, 1.165) is 11.3 Å². The van der Waals surface area contributed by atoms with Gasteiger partial charge in [-0.2, -0.15) is 0 Å². The zero-order chi connectivity index (χ0) is 16.9. The van der Waals surface area contributed by atoms with Crippen LogP contribution in [0.4, 0.5) is 21.6 Å². The molecule has 0 atom stereocenters. The molecule has 0 aliphatic heterocycles. The molecule has 3 rings (SSSR count). The molecule has 2 aromatic carbocycles. The third-order valence-electron chi connectivity index (χ3n) is 3.41. The smallest absolute Gasteiger partial charge is 0.274 e. The lowest BCUT2D eigenvalue weighted by Crippen LogP contribution is -2.15. The minimum atomic E-state index is -0.325. The topological polar surface area (TPSA) is 66.9 Å². The molecular formula is C18H15FN4O. The van der Waals surface area contributed by atoms with E-state index in [2.05, 4.69) is 20.6 Å². The van der Waals surface area contributed by atoms with Crippen LogP contribution in [-0.4, -0.2) is 15.9 Å². The molecule has 0 saturated carbocycles. The van der Waals surface area contributed by atoms with Crippen molar-refractivity contribution >= 4 is 23.1 Å². The number of para-hydroxylation sites is 1. The van der Waals surface area contributed by atoms with Crippen molar-refractivity contribution in [2.45, 2.75) is 6.92 Å². The maximum Gasteiger partial charge on any atom is 0.274 e. The first-order chi connectivity index (χ1) is 11.6. The number of carbonyl (C=O) groups is 1. The van der Waals surface area contributed by atoms with Crippen LogP contribution < -0.4 is 10.6 Å². The molecule has 0 radical (unpaired) electrons. The van der Waals surface area contributed by atoms with E-state index in [1.807, 2.05) is 31.2 Å². The number of benzene rings is 2. The summed E-state index contributed by atoms with van der Waals surface area (Å²) >= 11 is 0. The number of nitrogens with one attached hydrogen (secondary N) is 2. The van der Waals surface area contributed by atoms with Gasteiger partial charge in [-0.15, -0.1) is 0 Å². The van der Waals surface area contributed by atoms with Gasteiger partial charge in [-0.25, -0.2) is 14.4 Å². The Morgan fingerprint density at radius 2 is 1.79 bits per heavy atom. The molecule has 1 heterocycles.